The molecule has 3 aromatic rings. The van der Waals surface area contributed by atoms with E-state index in [0.29, 0.717) is 12.4 Å². The zero-order valence-electron chi connectivity index (χ0n) is 17.1. The minimum Gasteiger partial charge on any atom is -0.489 e. The van der Waals surface area contributed by atoms with Gasteiger partial charge in [0.15, 0.2) is 6.61 Å². The van der Waals surface area contributed by atoms with E-state index in [2.05, 4.69) is 26.1 Å². The van der Waals surface area contributed by atoms with E-state index in [-0.39, 0.29) is 17.9 Å². The van der Waals surface area contributed by atoms with Gasteiger partial charge in [0.2, 0.25) is 0 Å². The topological polar surface area (TPSA) is 47.6 Å². The fourth-order valence-electron chi connectivity index (χ4n) is 2.77. The second-order valence-electron chi connectivity index (χ2n) is 7.91. The number of amides is 1. The molecule has 4 heteroatoms. The predicted octanol–water partition coefficient (Wildman–Crippen LogP) is 5.58. The zero-order chi connectivity index (χ0) is 20.7. The van der Waals surface area contributed by atoms with Crippen molar-refractivity contribution in [1.29, 1.82) is 0 Å². The third-order valence-corrected chi connectivity index (χ3v) is 4.48. The Balaban J connectivity index is 1.45. The molecule has 0 bridgehead atoms. The van der Waals surface area contributed by atoms with Crippen molar-refractivity contribution in [2.45, 2.75) is 32.8 Å². The molecule has 3 rings (SSSR count). The lowest BCUT2D eigenvalue weighted by atomic mass is 9.87. The van der Waals surface area contributed by atoms with Gasteiger partial charge in [-0.2, -0.15) is 0 Å². The quantitative estimate of drug-likeness (QED) is 0.574. The molecule has 0 aliphatic carbocycles. The fourth-order valence-corrected chi connectivity index (χ4v) is 2.77. The van der Waals surface area contributed by atoms with Gasteiger partial charge in [0.05, 0.1) is 0 Å². The zero-order valence-corrected chi connectivity index (χ0v) is 17.1. The minimum atomic E-state index is -0.196. The molecule has 0 atom stereocenters. The van der Waals surface area contributed by atoms with Crippen molar-refractivity contribution in [3.8, 4) is 11.5 Å². The Kier molecular flexibility index (Phi) is 6.55. The third kappa shape index (κ3) is 6.39. The van der Waals surface area contributed by atoms with E-state index in [9.17, 15) is 4.79 Å². The molecule has 0 heterocycles. The van der Waals surface area contributed by atoms with E-state index in [1.807, 2.05) is 66.7 Å². The predicted molar refractivity (Wildman–Crippen MR) is 116 cm³/mol. The molecule has 0 fully saturated rings. The van der Waals surface area contributed by atoms with Gasteiger partial charge >= 0.3 is 0 Å². The average Bonchev–Trinajstić information content (AvgIpc) is 2.72. The van der Waals surface area contributed by atoms with Crippen LogP contribution in [0.3, 0.4) is 0 Å². The Morgan fingerprint density at radius 2 is 1.38 bits per heavy atom. The van der Waals surface area contributed by atoms with E-state index in [1.54, 1.807) is 12.1 Å². The van der Waals surface area contributed by atoms with Gasteiger partial charge in [-0.1, -0.05) is 63.2 Å². The number of carbonyl (C=O) groups is 1. The monoisotopic (exact) mass is 389 g/mol. The molecule has 3 aromatic carbocycles. The molecule has 0 aliphatic rings. The highest BCUT2D eigenvalue weighted by molar-refractivity contribution is 5.91. The fraction of sp³-hybridized carbons (Fsp3) is 0.240. The first-order chi connectivity index (χ1) is 13.9. The number of rotatable bonds is 7. The maximum Gasteiger partial charge on any atom is 0.262 e. The molecule has 0 saturated heterocycles. The second kappa shape index (κ2) is 9.28. The molecule has 4 nitrogen and oxygen atoms in total. The first kappa shape index (κ1) is 20.5. The van der Waals surface area contributed by atoms with Crippen LogP contribution in [-0.2, 0) is 16.8 Å². The number of ether oxygens (including phenoxy) is 2. The number of carbonyl (C=O) groups excluding carboxylic acids is 1. The van der Waals surface area contributed by atoms with Crippen LogP contribution in [0.4, 0.5) is 5.69 Å². The van der Waals surface area contributed by atoms with Crippen LogP contribution in [0.1, 0.15) is 31.9 Å². The van der Waals surface area contributed by atoms with Crippen molar-refractivity contribution < 1.29 is 14.3 Å². The number of hydrogen-bond acceptors (Lipinski definition) is 3. The van der Waals surface area contributed by atoms with Crippen LogP contribution in [0.5, 0.6) is 11.5 Å². The molecule has 150 valence electrons. The molecule has 0 saturated carbocycles. The molecule has 0 spiro atoms. The Labute approximate surface area is 172 Å². The van der Waals surface area contributed by atoms with Crippen LogP contribution < -0.4 is 14.8 Å². The van der Waals surface area contributed by atoms with Crippen LogP contribution in [0.2, 0.25) is 0 Å². The summed E-state index contributed by atoms with van der Waals surface area (Å²) in [7, 11) is 0. The number of hydrogen-bond donors (Lipinski definition) is 1. The van der Waals surface area contributed by atoms with Crippen molar-refractivity contribution in [3.63, 3.8) is 0 Å². The van der Waals surface area contributed by atoms with Crippen LogP contribution >= 0.6 is 0 Å². The first-order valence-corrected chi connectivity index (χ1v) is 9.70. The molecular formula is C25H27NO3. The largest absolute Gasteiger partial charge is 0.489 e. The van der Waals surface area contributed by atoms with E-state index in [0.717, 1.165) is 17.0 Å². The summed E-state index contributed by atoms with van der Waals surface area (Å²) < 4.78 is 11.3. The smallest absolute Gasteiger partial charge is 0.262 e. The van der Waals surface area contributed by atoms with E-state index in [4.69, 9.17) is 9.47 Å². The van der Waals surface area contributed by atoms with Crippen LogP contribution in [0, 0.1) is 0 Å². The standard InChI is InChI=1S/C25H27NO3/c1-25(2,3)20-9-11-21(12-10-20)26-24(27)18-29-23-15-13-22(14-16-23)28-17-19-7-5-4-6-8-19/h4-16H,17-18H2,1-3H3,(H,26,27). The molecule has 0 radical (unpaired) electrons. The van der Waals surface area contributed by atoms with Crippen molar-refractivity contribution in [1.82, 2.24) is 0 Å². The lowest BCUT2D eigenvalue weighted by molar-refractivity contribution is -0.118. The summed E-state index contributed by atoms with van der Waals surface area (Å²) in [5.74, 6) is 1.18. The minimum absolute atomic E-state index is 0.0504. The van der Waals surface area contributed by atoms with Gasteiger partial charge in [0.25, 0.3) is 5.91 Å². The molecule has 1 N–H and O–H groups in total. The molecule has 0 aromatic heterocycles. The Bertz CT molecular complexity index is 911. The van der Waals surface area contributed by atoms with Crippen LogP contribution in [-0.4, -0.2) is 12.5 Å². The van der Waals surface area contributed by atoms with Gasteiger partial charge in [-0.3, -0.25) is 4.79 Å². The number of nitrogens with one attached hydrogen (secondary N) is 1. The second-order valence-corrected chi connectivity index (χ2v) is 7.91. The normalized spacial score (nSPS) is 11.0. The Hall–Kier alpha value is -3.27. The van der Waals surface area contributed by atoms with E-state index in [1.165, 1.54) is 5.56 Å². The maximum atomic E-state index is 12.1. The van der Waals surface area contributed by atoms with Gasteiger partial charge < -0.3 is 14.8 Å². The van der Waals surface area contributed by atoms with Crippen LogP contribution in [0.15, 0.2) is 78.9 Å². The maximum absolute atomic E-state index is 12.1. The van der Waals surface area contributed by atoms with Crippen molar-refractivity contribution in [2.75, 3.05) is 11.9 Å². The first-order valence-electron chi connectivity index (χ1n) is 9.70. The summed E-state index contributed by atoms with van der Waals surface area (Å²) in [6.07, 6.45) is 0. The summed E-state index contributed by atoms with van der Waals surface area (Å²) in [6, 6.07) is 25.1. The summed E-state index contributed by atoms with van der Waals surface area (Å²) in [4.78, 5) is 12.1. The van der Waals surface area contributed by atoms with Crippen molar-refractivity contribution in [3.05, 3.63) is 90.0 Å². The molecular weight excluding hydrogens is 362 g/mol. The SMILES string of the molecule is CC(C)(C)c1ccc(NC(=O)COc2ccc(OCc3ccccc3)cc2)cc1. The molecule has 0 aliphatic heterocycles. The Morgan fingerprint density at radius 1 is 0.793 bits per heavy atom. The van der Waals surface area contributed by atoms with E-state index >= 15 is 0 Å². The number of anilines is 1. The average molecular weight is 389 g/mol. The van der Waals surface area contributed by atoms with Crippen molar-refractivity contribution >= 4 is 11.6 Å². The van der Waals surface area contributed by atoms with Gasteiger partial charge in [0.1, 0.15) is 18.1 Å². The highest BCUT2D eigenvalue weighted by Gasteiger charge is 2.13. The highest BCUT2D eigenvalue weighted by atomic mass is 16.5. The Morgan fingerprint density at radius 3 is 1.97 bits per heavy atom. The summed E-state index contributed by atoms with van der Waals surface area (Å²) in [5.41, 5.74) is 3.18. The summed E-state index contributed by atoms with van der Waals surface area (Å²) in [5, 5.41) is 2.85. The van der Waals surface area contributed by atoms with E-state index < -0.39 is 0 Å². The molecule has 1 amide bonds. The van der Waals surface area contributed by atoms with Gasteiger partial charge in [-0.05, 0) is 52.9 Å². The molecule has 29 heavy (non-hydrogen) atoms. The summed E-state index contributed by atoms with van der Waals surface area (Å²) in [6.45, 7) is 6.94. The van der Waals surface area contributed by atoms with Crippen LogP contribution in [0.25, 0.3) is 0 Å². The third-order valence-electron chi connectivity index (χ3n) is 4.48. The van der Waals surface area contributed by atoms with Gasteiger partial charge in [-0.25, -0.2) is 0 Å². The highest BCUT2D eigenvalue weighted by Crippen LogP contribution is 2.23. The van der Waals surface area contributed by atoms with Crippen molar-refractivity contribution in [2.24, 2.45) is 0 Å². The lowest BCUT2D eigenvalue weighted by Gasteiger charge is -2.19. The van der Waals surface area contributed by atoms with Gasteiger partial charge in [0, 0.05) is 5.69 Å². The number of benzene rings is 3. The van der Waals surface area contributed by atoms with Gasteiger partial charge in [-0.15, -0.1) is 0 Å². The summed E-state index contributed by atoms with van der Waals surface area (Å²) >= 11 is 0. The molecule has 0 unspecified atom stereocenters. The lowest BCUT2D eigenvalue weighted by Crippen LogP contribution is -2.20.